The molecule has 0 saturated carbocycles. The van der Waals surface area contributed by atoms with E-state index in [1.54, 1.807) is 6.92 Å². The maximum Gasteiger partial charge on any atom is 0.419 e. The van der Waals surface area contributed by atoms with E-state index in [1.807, 2.05) is 0 Å². The average molecular weight is 314 g/mol. The van der Waals surface area contributed by atoms with E-state index in [2.05, 4.69) is 0 Å². The molecule has 21 heavy (non-hydrogen) atoms. The number of aryl methyl sites for hydroxylation is 1. The predicted molar refractivity (Wildman–Crippen MR) is 73.6 cm³/mol. The van der Waals surface area contributed by atoms with E-state index in [1.165, 1.54) is 29.8 Å². The van der Waals surface area contributed by atoms with E-state index in [0.717, 1.165) is 0 Å². The van der Waals surface area contributed by atoms with Crippen LogP contribution in [0.1, 0.15) is 6.92 Å². The van der Waals surface area contributed by atoms with E-state index in [0.29, 0.717) is 16.4 Å². The van der Waals surface area contributed by atoms with Crippen LogP contribution in [0.15, 0.2) is 32.3 Å². The van der Waals surface area contributed by atoms with Crippen LogP contribution in [-0.2, 0) is 21.4 Å². The quantitative estimate of drug-likeness (QED) is 0.851. The minimum Gasteiger partial charge on any atom is -0.480 e. The van der Waals surface area contributed by atoms with Crippen molar-refractivity contribution in [3.63, 3.8) is 0 Å². The number of sulfonamides is 1. The number of carboxylic acid groups (broad SMARTS) is 1. The Morgan fingerprint density at radius 1 is 1.43 bits per heavy atom. The molecule has 0 spiro atoms. The highest BCUT2D eigenvalue weighted by molar-refractivity contribution is 7.89. The highest BCUT2D eigenvalue weighted by Gasteiger charge is 2.24. The van der Waals surface area contributed by atoms with Crippen molar-refractivity contribution in [2.24, 2.45) is 0 Å². The number of nitrogens with zero attached hydrogens (tertiary/aromatic N) is 2. The number of aliphatic carboxylic acids is 1. The maximum atomic E-state index is 12.2. The molecular weight excluding hydrogens is 300 g/mol. The molecule has 0 amide bonds. The lowest BCUT2D eigenvalue weighted by Gasteiger charge is -2.14. The Bertz CT molecular complexity index is 848. The fourth-order valence-electron chi connectivity index (χ4n) is 1.96. The number of aromatic nitrogens is 1. The van der Waals surface area contributed by atoms with Crippen molar-refractivity contribution in [2.45, 2.75) is 18.4 Å². The van der Waals surface area contributed by atoms with Crippen molar-refractivity contribution in [1.82, 2.24) is 8.87 Å². The number of hydrogen-bond acceptors (Lipinski definition) is 5. The smallest absolute Gasteiger partial charge is 0.419 e. The fourth-order valence-corrected chi connectivity index (χ4v) is 3.10. The number of fused-ring (bicyclic) bond motifs is 1. The third-order valence-corrected chi connectivity index (χ3v) is 4.82. The standard InChI is InChI=1S/C12H14N2O6S/c1-3-14-9-5-4-8(6-10(9)20-12(14)17)21(18,19)13(2)7-11(15)16/h4-6H,3,7H2,1-2H3,(H,15,16). The molecule has 1 N–H and O–H groups in total. The van der Waals surface area contributed by atoms with E-state index < -0.39 is 28.3 Å². The Morgan fingerprint density at radius 2 is 2.10 bits per heavy atom. The number of carbonyl (C=O) groups is 1. The van der Waals surface area contributed by atoms with Crippen molar-refractivity contribution >= 4 is 27.1 Å². The first-order valence-corrected chi connectivity index (χ1v) is 7.53. The summed E-state index contributed by atoms with van der Waals surface area (Å²) in [6.45, 7) is 1.51. The lowest BCUT2D eigenvalue weighted by Crippen LogP contribution is -2.32. The Kier molecular flexibility index (Phi) is 3.88. The summed E-state index contributed by atoms with van der Waals surface area (Å²) >= 11 is 0. The number of hydrogen-bond donors (Lipinski definition) is 1. The van der Waals surface area contributed by atoms with Crippen LogP contribution in [0, 0.1) is 0 Å². The number of carboxylic acids is 1. The first-order valence-electron chi connectivity index (χ1n) is 6.09. The minimum atomic E-state index is -3.95. The van der Waals surface area contributed by atoms with Crippen LogP contribution < -0.4 is 5.76 Å². The van der Waals surface area contributed by atoms with Gasteiger partial charge in [0.1, 0.15) is 6.54 Å². The van der Waals surface area contributed by atoms with E-state index in [-0.39, 0.29) is 10.5 Å². The Hall–Kier alpha value is -2.13. The van der Waals surface area contributed by atoms with Gasteiger partial charge in [0, 0.05) is 19.7 Å². The molecule has 1 aromatic carbocycles. The van der Waals surface area contributed by atoms with Gasteiger partial charge in [0.15, 0.2) is 5.58 Å². The summed E-state index contributed by atoms with van der Waals surface area (Å²) in [6.07, 6.45) is 0. The Labute approximate surface area is 120 Å². The van der Waals surface area contributed by atoms with Gasteiger partial charge in [-0.05, 0) is 19.1 Å². The molecule has 0 bridgehead atoms. The van der Waals surface area contributed by atoms with Crippen LogP contribution >= 0.6 is 0 Å². The van der Waals surface area contributed by atoms with Crippen LogP contribution in [0.25, 0.3) is 11.1 Å². The van der Waals surface area contributed by atoms with Gasteiger partial charge in [-0.3, -0.25) is 9.36 Å². The SMILES string of the molecule is CCn1c(=O)oc2cc(S(=O)(=O)N(C)CC(=O)O)ccc21. The van der Waals surface area contributed by atoms with Crippen LogP contribution in [0.2, 0.25) is 0 Å². The summed E-state index contributed by atoms with van der Waals surface area (Å²) in [4.78, 5) is 22.1. The normalized spacial score (nSPS) is 12.1. The molecule has 1 heterocycles. The van der Waals surface area contributed by atoms with Gasteiger partial charge in [0.25, 0.3) is 0 Å². The van der Waals surface area contributed by atoms with Gasteiger partial charge in [0.05, 0.1) is 10.4 Å². The summed E-state index contributed by atoms with van der Waals surface area (Å²) < 4.78 is 31.5. The van der Waals surface area contributed by atoms with Gasteiger partial charge < -0.3 is 9.52 Å². The van der Waals surface area contributed by atoms with Crippen LogP contribution in [0.3, 0.4) is 0 Å². The van der Waals surface area contributed by atoms with Crippen molar-refractivity contribution < 1.29 is 22.7 Å². The highest BCUT2D eigenvalue weighted by atomic mass is 32.2. The summed E-state index contributed by atoms with van der Waals surface area (Å²) in [7, 11) is -2.79. The second-order valence-electron chi connectivity index (χ2n) is 4.40. The lowest BCUT2D eigenvalue weighted by molar-refractivity contribution is -0.137. The van der Waals surface area contributed by atoms with Gasteiger partial charge in [-0.1, -0.05) is 0 Å². The molecule has 1 aromatic heterocycles. The molecule has 0 aliphatic rings. The zero-order chi connectivity index (χ0) is 15.8. The van der Waals surface area contributed by atoms with Gasteiger partial charge in [-0.25, -0.2) is 13.2 Å². The molecular formula is C12H14N2O6S. The third kappa shape index (κ3) is 2.69. The number of oxazole rings is 1. The first kappa shape index (κ1) is 15.3. The maximum absolute atomic E-state index is 12.2. The molecule has 0 fully saturated rings. The highest BCUT2D eigenvalue weighted by Crippen LogP contribution is 2.20. The third-order valence-electron chi connectivity index (χ3n) is 3.02. The molecule has 0 aliphatic heterocycles. The molecule has 0 saturated heterocycles. The van der Waals surface area contributed by atoms with Gasteiger partial charge in [-0.15, -0.1) is 0 Å². The Morgan fingerprint density at radius 3 is 2.67 bits per heavy atom. The molecule has 9 heteroatoms. The first-order chi connectivity index (χ1) is 9.77. The summed E-state index contributed by atoms with van der Waals surface area (Å²) in [6, 6.07) is 4.00. The second kappa shape index (κ2) is 5.34. The van der Waals surface area contributed by atoms with Crippen molar-refractivity contribution in [2.75, 3.05) is 13.6 Å². The van der Waals surface area contributed by atoms with Gasteiger partial charge in [-0.2, -0.15) is 4.31 Å². The Balaban J connectivity index is 2.53. The monoisotopic (exact) mass is 314 g/mol. The lowest BCUT2D eigenvalue weighted by atomic mass is 10.3. The van der Waals surface area contributed by atoms with E-state index in [9.17, 15) is 18.0 Å². The fraction of sp³-hybridized carbons (Fsp3) is 0.333. The van der Waals surface area contributed by atoms with Crippen molar-refractivity contribution in [3.05, 3.63) is 28.7 Å². The molecule has 2 rings (SSSR count). The molecule has 0 unspecified atom stereocenters. The van der Waals surface area contributed by atoms with Crippen LogP contribution in [-0.4, -0.2) is 42.0 Å². The molecule has 2 aromatic rings. The second-order valence-corrected chi connectivity index (χ2v) is 6.44. The molecule has 0 atom stereocenters. The number of benzene rings is 1. The summed E-state index contributed by atoms with van der Waals surface area (Å²) in [5.41, 5.74) is 0.633. The zero-order valence-corrected chi connectivity index (χ0v) is 12.3. The topological polar surface area (TPSA) is 110 Å². The van der Waals surface area contributed by atoms with Crippen LogP contribution in [0.4, 0.5) is 0 Å². The predicted octanol–water partition coefficient (Wildman–Crippen LogP) is 0.319. The van der Waals surface area contributed by atoms with E-state index >= 15 is 0 Å². The average Bonchev–Trinajstić information content (AvgIpc) is 2.71. The largest absolute Gasteiger partial charge is 0.480 e. The molecule has 114 valence electrons. The van der Waals surface area contributed by atoms with Crippen molar-refractivity contribution in [1.29, 1.82) is 0 Å². The van der Waals surface area contributed by atoms with Gasteiger partial charge >= 0.3 is 11.7 Å². The van der Waals surface area contributed by atoms with Gasteiger partial charge in [0.2, 0.25) is 10.0 Å². The summed E-state index contributed by atoms with van der Waals surface area (Å²) in [5.74, 6) is -1.83. The molecule has 0 aliphatic carbocycles. The zero-order valence-electron chi connectivity index (χ0n) is 11.4. The number of rotatable bonds is 5. The van der Waals surface area contributed by atoms with E-state index in [4.69, 9.17) is 9.52 Å². The minimum absolute atomic E-state index is 0.129. The molecule has 8 nitrogen and oxygen atoms in total. The molecule has 0 radical (unpaired) electrons. The van der Waals surface area contributed by atoms with Crippen molar-refractivity contribution in [3.8, 4) is 0 Å². The van der Waals surface area contributed by atoms with Crippen LogP contribution in [0.5, 0.6) is 0 Å². The number of likely N-dealkylation sites (N-methyl/N-ethyl adjacent to an activating group) is 1. The summed E-state index contributed by atoms with van der Waals surface area (Å²) in [5, 5.41) is 8.67.